The fourth-order valence-electron chi connectivity index (χ4n) is 2.26. The molecule has 1 aromatic carbocycles. The first-order valence-corrected chi connectivity index (χ1v) is 7.31. The second-order valence-corrected chi connectivity index (χ2v) is 6.06. The van der Waals surface area contributed by atoms with Crippen LogP contribution >= 0.6 is 27.5 Å². The molecule has 3 nitrogen and oxygen atoms in total. The van der Waals surface area contributed by atoms with Crippen molar-refractivity contribution in [2.24, 2.45) is 0 Å². The van der Waals surface area contributed by atoms with Crippen LogP contribution < -0.4 is 5.32 Å². The summed E-state index contributed by atoms with van der Waals surface area (Å²) in [6, 6.07) is 4.10. The standard InChI is InChI=1S/C13H17BrClNO2/c14-11-5-8(6-12(15)13(11)18)7-16-9-1-3-10(17)4-2-9/h5-6,9-10,16-18H,1-4,7H2/t9-,10-. The Bertz CT molecular complexity index is 396. The quantitative estimate of drug-likeness (QED) is 0.795. The van der Waals surface area contributed by atoms with E-state index in [0.29, 0.717) is 15.5 Å². The molecule has 18 heavy (non-hydrogen) atoms. The molecule has 0 heterocycles. The first-order chi connectivity index (χ1) is 8.56. The van der Waals surface area contributed by atoms with Crippen molar-refractivity contribution < 1.29 is 10.2 Å². The molecule has 0 aliphatic heterocycles. The summed E-state index contributed by atoms with van der Waals surface area (Å²) in [7, 11) is 0. The van der Waals surface area contributed by atoms with Crippen LogP contribution in [0.15, 0.2) is 16.6 Å². The van der Waals surface area contributed by atoms with Crippen LogP contribution in [-0.4, -0.2) is 22.4 Å². The van der Waals surface area contributed by atoms with Gasteiger partial charge in [-0.2, -0.15) is 0 Å². The van der Waals surface area contributed by atoms with Crippen LogP contribution in [-0.2, 0) is 6.54 Å². The molecule has 100 valence electrons. The summed E-state index contributed by atoms with van der Waals surface area (Å²) >= 11 is 9.19. The molecule has 0 spiro atoms. The lowest BCUT2D eigenvalue weighted by molar-refractivity contribution is 0.116. The molecule has 1 saturated carbocycles. The predicted molar refractivity (Wildman–Crippen MR) is 75.9 cm³/mol. The molecule has 2 rings (SSSR count). The third-order valence-electron chi connectivity index (χ3n) is 3.37. The van der Waals surface area contributed by atoms with Crippen LogP contribution in [0.3, 0.4) is 0 Å². The molecule has 0 radical (unpaired) electrons. The number of aliphatic hydroxyl groups excluding tert-OH is 1. The van der Waals surface area contributed by atoms with Gasteiger partial charge in [0.15, 0.2) is 0 Å². The van der Waals surface area contributed by atoms with Crippen LogP contribution in [0.2, 0.25) is 5.02 Å². The van der Waals surface area contributed by atoms with Crippen molar-refractivity contribution >= 4 is 27.5 Å². The van der Waals surface area contributed by atoms with Crippen molar-refractivity contribution in [3.05, 3.63) is 27.2 Å². The highest BCUT2D eigenvalue weighted by molar-refractivity contribution is 9.10. The van der Waals surface area contributed by atoms with Gasteiger partial charge in [0.05, 0.1) is 15.6 Å². The third-order valence-corrected chi connectivity index (χ3v) is 4.26. The number of aliphatic hydroxyl groups is 1. The number of hydrogen-bond donors (Lipinski definition) is 3. The normalized spacial score (nSPS) is 24.2. The predicted octanol–water partition coefficient (Wildman–Crippen LogP) is 3.20. The monoisotopic (exact) mass is 333 g/mol. The molecule has 0 unspecified atom stereocenters. The third kappa shape index (κ3) is 3.60. The van der Waals surface area contributed by atoms with Gasteiger partial charge in [0.1, 0.15) is 5.75 Å². The van der Waals surface area contributed by atoms with Crippen LogP contribution in [0, 0.1) is 0 Å². The Kier molecular flexibility index (Phi) is 4.90. The van der Waals surface area contributed by atoms with E-state index in [9.17, 15) is 10.2 Å². The molecule has 1 aliphatic carbocycles. The number of aromatic hydroxyl groups is 1. The first kappa shape index (κ1) is 14.1. The number of halogens is 2. The molecule has 5 heteroatoms. The first-order valence-electron chi connectivity index (χ1n) is 6.14. The van der Waals surface area contributed by atoms with E-state index in [4.69, 9.17) is 11.6 Å². The minimum absolute atomic E-state index is 0.0844. The minimum atomic E-state index is -0.125. The number of rotatable bonds is 3. The van der Waals surface area contributed by atoms with E-state index in [0.717, 1.165) is 37.8 Å². The van der Waals surface area contributed by atoms with Crippen LogP contribution in [0.4, 0.5) is 0 Å². The van der Waals surface area contributed by atoms with Gasteiger partial charge in [-0.1, -0.05) is 11.6 Å². The van der Waals surface area contributed by atoms with Gasteiger partial charge >= 0.3 is 0 Å². The van der Waals surface area contributed by atoms with Gasteiger partial charge in [0.25, 0.3) is 0 Å². The molecule has 1 aromatic rings. The average Bonchev–Trinajstić information content (AvgIpc) is 2.35. The zero-order valence-electron chi connectivity index (χ0n) is 10.00. The summed E-state index contributed by atoms with van der Waals surface area (Å²) in [5.74, 6) is 0.0844. The summed E-state index contributed by atoms with van der Waals surface area (Å²) in [6.07, 6.45) is 3.64. The molecular formula is C13H17BrClNO2. The zero-order valence-corrected chi connectivity index (χ0v) is 12.3. The highest BCUT2D eigenvalue weighted by Gasteiger charge is 2.18. The van der Waals surface area contributed by atoms with Crippen molar-refractivity contribution in [2.75, 3.05) is 0 Å². The highest BCUT2D eigenvalue weighted by Crippen LogP contribution is 2.33. The maximum absolute atomic E-state index is 9.55. The van der Waals surface area contributed by atoms with Crippen molar-refractivity contribution in [1.82, 2.24) is 5.32 Å². The van der Waals surface area contributed by atoms with Crippen LogP contribution in [0.5, 0.6) is 5.75 Å². The van der Waals surface area contributed by atoms with Gasteiger partial charge in [-0.3, -0.25) is 0 Å². The lowest BCUT2D eigenvalue weighted by Crippen LogP contribution is -2.34. The number of hydrogen-bond acceptors (Lipinski definition) is 3. The van der Waals surface area contributed by atoms with E-state index in [1.165, 1.54) is 0 Å². The lowest BCUT2D eigenvalue weighted by Gasteiger charge is -2.26. The Morgan fingerprint density at radius 1 is 1.28 bits per heavy atom. The van der Waals surface area contributed by atoms with Crippen LogP contribution in [0.1, 0.15) is 31.2 Å². The van der Waals surface area contributed by atoms with Crippen molar-refractivity contribution in [1.29, 1.82) is 0 Å². The van der Waals surface area contributed by atoms with Crippen molar-refractivity contribution in [2.45, 2.75) is 44.4 Å². The molecule has 3 N–H and O–H groups in total. The van der Waals surface area contributed by atoms with E-state index < -0.39 is 0 Å². The summed E-state index contributed by atoms with van der Waals surface area (Å²) in [4.78, 5) is 0. The molecule has 0 bridgehead atoms. The Balaban J connectivity index is 1.90. The second-order valence-electron chi connectivity index (χ2n) is 4.79. The lowest BCUT2D eigenvalue weighted by atomic mass is 9.93. The number of phenolic OH excluding ortho intramolecular Hbond substituents is 1. The maximum Gasteiger partial charge on any atom is 0.148 e. The SMILES string of the molecule is Oc1c(Cl)cc(CN[C@H]2CC[C@H](O)CC2)cc1Br. The Hall–Kier alpha value is -0.290. The van der Waals surface area contributed by atoms with E-state index >= 15 is 0 Å². The molecule has 0 saturated heterocycles. The second kappa shape index (κ2) is 6.24. The van der Waals surface area contributed by atoms with Crippen LogP contribution in [0.25, 0.3) is 0 Å². The van der Waals surface area contributed by atoms with Gasteiger partial charge in [-0.15, -0.1) is 0 Å². The summed E-state index contributed by atoms with van der Waals surface area (Å²) in [5.41, 5.74) is 1.04. The summed E-state index contributed by atoms with van der Waals surface area (Å²) < 4.78 is 0.617. The molecule has 1 fully saturated rings. The van der Waals surface area contributed by atoms with Crippen molar-refractivity contribution in [3.8, 4) is 5.75 Å². The van der Waals surface area contributed by atoms with E-state index in [1.54, 1.807) is 6.07 Å². The van der Waals surface area contributed by atoms with Gasteiger partial charge in [0.2, 0.25) is 0 Å². The fourth-order valence-corrected chi connectivity index (χ4v) is 3.13. The fraction of sp³-hybridized carbons (Fsp3) is 0.538. The van der Waals surface area contributed by atoms with Gasteiger partial charge < -0.3 is 15.5 Å². The minimum Gasteiger partial charge on any atom is -0.505 e. The number of nitrogens with one attached hydrogen (secondary N) is 1. The molecule has 0 aromatic heterocycles. The van der Waals surface area contributed by atoms with E-state index in [1.807, 2.05) is 6.07 Å². The Morgan fingerprint density at radius 3 is 2.56 bits per heavy atom. The molecule has 0 amide bonds. The Morgan fingerprint density at radius 2 is 1.94 bits per heavy atom. The summed E-state index contributed by atoms with van der Waals surface area (Å²) in [6.45, 7) is 0.722. The molecule has 0 atom stereocenters. The van der Waals surface area contributed by atoms with Crippen molar-refractivity contribution in [3.63, 3.8) is 0 Å². The maximum atomic E-state index is 9.55. The zero-order chi connectivity index (χ0) is 13.1. The number of phenols is 1. The Labute approximate surface area is 120 Å². The van der Waals surface area contributed by atoms with Gasteiger partial charge in [-0.25, -0.2) is 0 Å². The van der Waals surface area contributed by atoms with E-state index in [-0.39, 0.29) is 11.9 Å². The van der Waals surface area contributed by atoms with Gasteiger partial charge in [-0.05, 0) is 59.3 Å². The largest absolute Gasteiger partial charge is 0.505 e. The molecular weight excluding hydrogens is 318 g/mol. The van der Waals surface area contributed by atoms with Gasteiger partial charge in [0, 0.05) is 12.6 Å². The topological polar surface area (TPSA) is 52.5 Å². The average molecular weight is 335 g/mol. The van der Waals surface area contributed by atoms with E-state index in [2.05, 4.69) is 21.2 Å². The molecule has 1 aliphatic rings. The smallest absolute Gasteiger partial charge is 0.148 e. The summed E-state index contributed by atoms with van der Waals surface area (Å²) in [5, 5.41) is 22.8. The highest BCUT2D eigenvalue weighted by atomic mass is 79.9. The number of benzene rings is 1.